The first-order chi connectivity index (χ1) is 24.4. The van der Waals surface area contributed by atoms with E-state index in [0.29, 0.717) is 21.8 Å². The van der Waals surface area contributed by atoms with Gasteiger partial charge in [0.05, 0.1) is 28.9 Å². The number of amides is 1. The van der Waals surface area contributed by atoms with E-state index in [1.54, 1.807) is 62.7 Å². The third-order valence-corrected chi connectivity index (χ3v) is 9.20. The number of carbonyl (C=O) groups is 2. The Morgan fingerprint density at radius 2 is 1.94 bits per heavy atom. The number of ether oxygens (including phenoxy) is 2. The van der Waals surface area contributed by atoms with E-state index in [1.165, 1.54) is 51.4 Å². The van der Waals surface area contributed by atoms with Crippen LogP contribution in [-0.4, -0.2) is 57.6 Å². The van der Waals surface area contributed by atoms with Crippen molar-refractivity contribution in [2.45, 2.75) is 44.7 Å². The normalized spacial score (nSPS) is 13.2. The lowest BCUT2D eigenvalue weighted by Crippen LogP contribution is -3.00. The van der Waals surface area contributed by atoms with E-state index in [2.05, 4.69) is 21.5 Å². The Morgan fingerprint density at radius 1 is 1.19 bits per heavy atom. The molecule has 1 unspecified atom stereocenters. The molecule has 1 amide bonds. The molecule has 272 valence electrons. The van der Waals surface area contributed by atoms with Gasteiger partial charge in [-0.15, -0.1) is 16.0 Å². The molecule has 0 aliphatic heterocycles. The molecule has 0 bridgehead atoms. The van der Waals surface area contributed by atoms with Gasteiger partial charge < -0.3 is 32.3 Å². The molecule has 0 saturated heterocycles. The fourth-order valence-corrected chi connectivity index (χ4v) is 6.22. The van der Waals surface area contributed by atoms with E-state index in [-0.39, 0.29) is 43.5 Å². The summed E-state index contributed by atoms with van der Waals surface area (Å²) in [7, 11) is 3.08. The molecule has 0 radical (unpaired) electrons. The standard InChI is InChI=1S/C35H35F2N8O5S.ClH/c1-22(33-42-30(18-51-33)25-9-7-24(15-38)8-10-25)35(48,28-14-27(36)11-12-29(28)37)19-45-21-44(20-41-45)23(2)50-34(47)43(4)32-26(6-5-13-40-32)17-49-31(46)16-39-3;/h5-14,18,20-23,39,48H,16-17,19H2,1-4H3;1H/q+1;/p-1/t22-,23?,35+;/m0./s1. The molecule has 13 nitrogen and oxygen atoms in total. The van der Waals surface area contributed by atoms with Gasteiger partial charge in [-0.05, 0) is 43.4 Å². The number of anilines is 1. The number of aliphatic hydroxyl groups is 1. The summed E-state index contributed by atoms with van der Waals surface area (Å²) >= 11 is 1.25. The molecule has 2 aromatic carbocycles. The van der Waals surface area contributed by atoms with Crippen LogP contribution >= 0.6 is 11.3 Å². The van der Waals surface area contributed by atoms with Crippen molar-refractivity contribution in [1.82, 2.24) is 25.1 Å². The molecule has 0 fully saturated rings. The number of pyridine rings is 1. The van der Waals surface area contributed by atoms with E-state index in [1.807, 2.05) is 0 Å². The summed E-state index contributed by atoms with van der Waals surface area (Å²) in [5.74, 6) is -2.64. The molecule has 0 spiro atoms. The Bertz CT molecular complexity index is 2060. The van der Waals surface area contributed by atoms with Gasteiger partial charge >= 0.3 is 12.1 Å². The van der Waals surface area contributed by atoms with Gasteiger partial charge in [0.1, 0.15) is 36.2 Å². The number of benzene rings is 2. The Balaban J connectivity index is 0.00000605. The minimum Gasteiger partial charge on any atom is -1.00 e. The van der Waals surface area contributed by atoms with E-state index < -0.39 is 41.4 Å². The molecule has 0 saturated carbocycles. The largest absolute Gasteiger partial charge is 1.00 e. The van der Waals surface area contributed by atoms with Crippen LogP contribution < -0.4 is 27.2 Å². The summed E-state index contributed by atoms with van der Waals surface area (Å²) in [6.07, 6.45) is 2.65. The molecule has 0 aliphatic rings. The van der Waals surface area contributed by atoms with Crippen molar-refractivity contribution >= 4 is 29.2 Å². The fraction of sp³-hybridized carbons (Fsp3) is 0.286. The number of halogens is 3. The topological polar surface area (TPSA) is 159 Å². The van der Waals surface area contributed by atoms with E-state index in [4.69, 9.17) is 19.7 Å². The van der Waals surface area contributed by atoms with Crippen molar-refractivity contribution < 1.29 is 49.9 Å². The molecular weight excluding hydrogens is 718 g/mol. The monoisotopic (exact) mass is 752 g/mol. The number of aromatic nitrogens is 5. The molecular formula is C35H35ClF2N8O5S. The van der Waals surface area contributed by atoms with E-state index >= 15 is 4.39 Å². The molecule has 3 heterocycles. The average Bonchev–Trinajstić information content (AvgIpc) is 3.82. The summed E-state index contributed by atoms with van der Waals surface area (Å²) in [5.41, 5.74) is 0.000750. The number of thiazole rings is 1. The van der Waals surface area contributed by atoms with Crippen molar-refractivity contribution in [3.05, 3.63) is 112 Å². The molecule has 5 rings (SSSR count). The zero-order valence-corrected chi connectivity index (χ0v) is 30.1. The number of nitriles is 1. The van der Waals surface area contributed by atoms with Crippen LogP contribution in [0.5, 0.6) is 0 Å². The SMILES string of the molecule is CNCC(=O)OCc1cccnc1N(C)C(=O)OC(C)[n+]1cnn(C[C@](O)(c2cc(F)ccc2F)[C@@H](C)c2nc(-c3ccc(C#N)cc3)cs2)c1.[Cl-]. The van der Waals surface area contributed by atoms with Crippen molar-refractivity contribution in [2.75, 3.05) is 25.5 Å². The summed E-state index contributed by atoms with van der Waals surface area (Å²) in [6.45, 7) is 2.85. The Hall–Kier alpha value is -5.34. The van der Waals surface area contributed by atoms with Crippen LogP contribution in [0.25, 0.3) is 11.3 Å². The van der Waals surface area contributed by atoms with Crippen LogP contribution in [0.3, 0.4) is 0 Å². The third-order valence-electron chi connectivity index (χ3n) is 8.18. The summed E-state index contributed by atoms with van der Waals surface area (Å²) in [5, 5.41) is 30.6. The van der Waals surface area contributed by atoms with Gasteiger partial charge in [0.15, 0.2) is 0 Å². The van der Waals surface area contributed by atoms with Crippen LogP contribution in [0.2, 0.25) is 0 Å². The average molecular weight is 753 g/mol. The van der Waals surface area contributed by atoms with Gasteiger partial charge in [0.25, 0.3) is 6.33 Å². The quantitative estimate of drug-likeness (QED) is 0.134. The smallest absolute Gasteiger partial charge is 0.418 e. The van der Waals surface area contributed by atoms with Crippen LogP contribution in [0.15, 0.2) is 78.8 Å². The number of carbonyl (C=O) groups excluding carboxylic acids is 2. The third kappa shape index (κ3) is 8.93. The highest BCUT2D eigenvalue weighted by Gasteiger charge is 2.43. The first kappa shape index (κ1) is 39.4. The van der Waals surface area contributed by atoms with Gasteiger partial charge in [-0.25, -0.2) is 23.5 Å². The predicted molar refractivity (Wildman–Crippen MR) is 181 cm³/mol. The summed E-state index contributed by atoms with van der Waals surface area (Å²) in [6, 6.07) is 15.1. The summed E-state index contributed by atoms with van der Waals surface area (Å²) in [4.78, 5) is 35.1. The number of hydrogen-bond acceptors (Lipinski definition) is 11. The van der Waals surface area contributed by atoms with Gasteiger partial charge in [-0.3, -0.25) is 9.69 Å². The lowest BCUT2D eigenvalue weighted by atomic mass is 9.82. The Labute approximate surface area is 308 Å². The second kappa shape index (κ2) is 17.2. The first-order valence-corrected chi connectivity index (χ1v) is 16.6. The number of esters is 1. The van der Waals surface area contributed by atoms with Crippen molar-refractivity contribution in [1.29, 1.82) is 5.26 Å². The lowest BCUT2D eigenvalue weighted by Gasteiger charge is -2.32. The van der Waals surface area contributed by atoms with Crippen LogP contribution in [0, 0.1) is 23.0 Å². The maximum atomic E-state index is 15.3. The van der Waals surface area contributed by atoms with Crippen LogP contribution in [0.4, 0.5) is 19.4 Å². The highest BCUT2D eigenvalue weighted by atomic mass is 35.5. The highest BCUT2D eigenvalue weighted by Crippen LogP contribution is 2.41. The second-order valence-electron chi connectivity index (χ2n) is 11.6. The molecule has 3 atom stereocenters. The zero-order chi connectivity index (χ0) is 36.7. The number of rotatable bonds is 13. The molecule has 3 aromatic heterocycles. The first-order valence-electron chi connectivity index (χ1n) is 15.7. The van der Waals surface area contributed by atoms with Crippen LogP contribution in [-0.2, 0) is 33.0 Å². The van der Waals surface area contributed by atoms with Gasteiger partial charge in [-0.2, -0.15) is 9.83 Å². The highest BCUT2D eigenvalue weighted by molar-refractivity contribution is 7.10. The number of likely N-dealkylation sites (N-methyl/N-ethyl adjacent to an activating group) is 1. The van der Waals surface area contributed by atoms with Crippen molar-refractivity contribution in [2.24, 2.45) is 0 Å². The van der Waals surface area contributed by atoms with Crippen molar-refractivity contribution in [3.8, 4) is 17.3 Å². The molecule has 0 aliphatic carbocycles. The molecule has 5 aromatic rings. The van der Waals surface area contributed by atoms with Gasteiger partial charge in [0.2, 0.25) is 12.6 Å². The number of nitrogens with zero attached hydrogens (tertiary/aromatic N) is 7. The van der Waals surface area contributed by atoms with Crippen LogP contribution in [0.1, 0.15) is 47.7 Å². The molecule has 52 heavy (non-hydrogen) atoms. The second-order valence-corrected chi connectivity index (χ2v) is 12.5. The van der Waals surface area contributed by atoms with E-state index in [0.717, 1.165) is 23.8 Å². The number of hydrogen-bond donors (Lipinski definition) is 2. The zero-order valence-electron chi connectivity index (χ0n) is 28.5. The Morgan fingerprint density at radius 3 is 2.65 bits per heavy atom. The van der Waals surface area contributed by atoms with E-state index in [9.17, 15) is 19.1 Å². The number of nitrogens with one attached hydrogen (secondary N) is 1. The Kier molecular flexibility index (Phi) is 13.1. The fourth-order valence-electron chi connectivity index (χ4n) is 5.25. The lowest BCUT2D eigenvalue weighted by molar-refractivity contribution is -0.753. The van der Waals surface area contributed by atoms with Crippen molar-refractivity contribution in [3.63, 3.8) is 0 Å². The minimum atomic E-state index is -2.04. The summed E-state index contributed by atoms with van der Waals surface area (Å²) < 4.78 is 43.5. The maximum absolute atomic E-state index is 15.3. The van der Waals surface area contributed by atoms with Gasteiger partial charge in [0, 0.05) is 53.3 Å². The molecule has 17 heteroatoms. The minimum absolute atomic E-state index is 0. The van der Waals surface area contributed by atoms with Gasteiger partial charge in [-0.1, -0.05) is 25.1 Å². The predicted octanol–water partition coefficient (Wildman–Crippen LogP) is 1.59. The molecule has 2 N–H and O–H groups in total. The maximum Gasteiger partial charge on any atom is 0.418 e.